The van der Waals surface area contributed by atoms with E-state index in [2.05, 4.69) is 35.9 Å². The third-order valence-electron chi connectivity index (χ3n) is 3.95. The Labute approximate surface area is 208 Å². The van der Waals surface area contributed by atoms with E-state index in [-0.39, 0.29) is 11.5 Å². The number of carbonyl (C=O) groups excluding carboxylic acids is 2. The van der Waals surface area contributed by atoms with E-state index in [9.17, 15) is 9.59 Å². The number of benzene rings is 1. The van der Waals surface area contributed by atoms with Crippen molar-refractivity contribution < 1.29 is 19.1 Å². The van der Waals surface area contributed by atoms with Crippen molar-refractivity contribution in [2.75, 3.05) is 4.90 Å². The zero-order chi connectivity index (χ0) is 25.8. The summed E-state index contributed by atoms with van der Waals surface area (Å²) in [6.07, 6.45) is -0.485. The van der Waals surface area contributed by atoms with Crippen molar-refractivity contribution >= 4 is 45.0 Å². The number of aromatic amines is 1. The average molecular weight is 534 g/mol. The lowest BCUT2D eigenvalue weighted by molar-refractivity contribution is 0.0429. The van der Waals surface area contributed by atoms with Crippen LogP contribution in [0.2, 0.25) is 0 Å². The number of nitrogens with zero attached hydrogens (tertiary/aromatic N) is 4. The molecule has 0 saturated heterocycles. The second-order valence-corrected chi connectivity index (χ2v) is 10.1. The number of rotatable bonds is 2. The van der Waals surface area contributed by atoms with Gasteiger partial charge in [-0.2, -0.15) is 4.90 Å². The van der Waals surface area contributed by atoms with E-state index in [1.807, 2.05) is 39.0 Å². The molecule has 1 N–H and O–H groups in total. The van der Waals surface area contributed by atoms with Gasteiger partial charge >= 0.3 is 12.2 Å². The Hall–Kier alpha value is -3.01. The number of aryl methyl sites for hydroxylation is 1. The summed E-state index contributed by atoms with van der Waals surface area (Å²) in [5, 5.41) is 0. The lowest BCUT2D eigenvalue weighted by atomic mass is 10.2. The number of amides is 2. The molecule has 0 saturated carbocycles. The van der Waals surface area contributed by atoms with Gasteiger partial charge in [0, 0.05) is 0 Å². The number of nitrogens with one attached hydrogen (secondary N) is 1. The van der Waals surface area contributed by atoms with E-state index in [1.165, 1.54) is 6.20 Å². The van der Waals surface area contributed by atoms with Gasteiger partial charge in [0.05, 0.1) is 17.2 Å². The normalized spacial score (nSPS) is 11.5. The number of halogens is 1. The summed E-state index contributed by atoms with van der Waals surface area (Å²) in [7, 11) is 0. The maximum Gasteiger partial charge on any atom is 0.425 e. The number of hydrogen-bond acceptors (Lipinski definition) is 7. The topological polar surface area (TPSA) is 110 Å². The molecule has 0 aliphatic carbocycles. The van der Waals surface area contributed by atoms with Crippen molar-refractivity contribution in [3.05, 3.63) is 34.6 Å². The van der Waals surface area contributed by atoms with Crippen molar-refractivity contribution in [2.24, 2.45) is 0 Å². The molecule has 0 aliphatic heterocycles. The molecule has 0 unspecified atom stereocenters. The van der Waals surface area contributed by atoms with Gasteiger partial charge in [-0.15, -0.1) is 0 Å². The fourth-order valence-electron chi connectivity index (χ4n) is 2.78. The first-order valence-electron chi connectivity index (χ1n) is 11.0. The number of aromatic nitrogens is 4. The molecular weight excluding hydrogens is 502 g/mol. The molecule has 0 fully saturated rings. The smallest absolute Gasteiger partial charge is 0.425 e. The number of imide groups is 1. The summed E-state index contributed by atoms with van der Waals surface area (Å²) < 4.78 is 11.3. The van der Waals surface area contributed by atoms with Crippen molar-refractivity contribution in [3.63, 3.8) is 0 Å². The first-order chi connectivity index (χ1) is 15.7. The monoisotopic (exact) mass is 533 g/mol. The summed E-state index contributed by atoms with van der Waals surface area (Å²) in [5.41, 5.74) is 1.03. The molecule has 0 bridgehead atoms. The molecular formula is C24H32BrN5O4. The van der Waals surface area contributed by atoms with Crippen LogP contribution in [0.25, 0.3) is 22.6 Å². The highest BCUT2D eigenvalue weighted by atomic mass is 79.9. The van der Waals surface area contributed by atoms with Gasteiger partial charge in [0.1, 0.15) is 15.8 Å². The molecule has 34 heavy (non-hydrogen) atoms. The van der Waals surface area contributed by atoms with Crippen LogP contribution in [-0.4, -0.2) is 43.3 Å². The summed E-state index contributed by atoms with van der Waals surface area (Å²) in [5.74, 6) is 0.277. The van der Waals surface area contributed by atoms with E-state index < -0.39 is 23.4 Å². The minimum Gasteiger partial charge on any atom is -0.443 e. The first kappa shape index (κ1) is 27.2. The summed E-state index contributed by atoms with van der Waals surface area (Å²) in [4.78, 5) is 43.4. The molecule has 0 spiro atoms. The number of anilines is 1. The molecule has 0 aliphatic rings. The predicted octanol–water partition coefficient (Wildman–Crippen LogP) is 6.79. The van der Waals surface area contributed by atoms with Crippen LogP contribution in [0, 0.1) is 6.92 Å². The Kier molecular flexibility index (Phi) is 8.41. The first-order valence-corrected chi connectivity index (χ1v) is 11.8. The molecule has 2 amide bonds. The Morgan fingerprint density at radius 3 is 2.06 bits per heavy atom. The van der Waals surface area contributed by atoms with E-state index >= 15 is 0 Å². The van der Waals surface area contributed by atoms with Crippen LogP contribution >= 0.6 is 15.9 Å². The molecule has 3 rings (SSSR count). The molecule has 184 valence electrons. The highest BCUT2D eigenvalue weighted by Crippen LogP contribution is 2.31. The Bertz CT molecular complexity index is 1150. The minimum absolute atomic E-state index is 0.0625. The molecule has 10 heteroatoms. The fourth-order valence-corrected chi connectivity index (χ4v) is 3.06. The van der Waals surface area contributed by atoms with Gasteiger partial charge in [-0.3, -0.25) is 0 Å². The zero-order valence-corrected chi connectivity index (χ0v) is 22.7. The van der Waals surface area contributed by atoms with Crippen LogP contribution in [-0.2, 0) is 9.47 Å². The Morgan fingerprint density at radius 2 is 1.53 bits per heavy atom. The summed E-state index contributed by atoms with van der Waals surface area (Å²) in [6.45, 7) is 16.2. The zero-order valence-electron chi connectivity index (χ0n) is 21.1. The number of ether oxygens (including phenoxy) is 2. The number of H-pyrrole nitrogens is 1. The van der Waals surface area contributed by atoms with E-state index in [0.29, 0.717) is 15.9 Å². The van der Waals surface area contributed by atoms with Crippen LogP contribution in [0.5, 0.6) is 0 Å². The Balaban J connectivity index is 0.00000199. The second-order valence-electron chi connectivity index (χ2n) is 9.27. The molecule has 0 atom stereocenters. The average Bonchev–Trinajstić information content (AvgIpc) is 3.11. The van der Waals surface area contributed by atoms with Crippen molar-refractivity contribution in [3.8, 4) is 11.5 Å². The standard InChI is InChI=1S/C22H26BrN5O4.C2H6/c1-12-8-9-13-14(10-12)26-17(25-13)16-18(24-11-15(23)27-16)28(19(29)31-21(2,3)4)20(30)32-22(5,6)7;1-2/h8-11H,1-7H3,(H,25,26);1-2H3. The third-order valence-corrected chi connectivity index (χ3v) is 4.33. The lowest BCUT2D eigenvalue weighted by Crippen LogP contribution is -2.44. The minimum atomic E-state index is -0.934. The van der Waals surface area contributed by atoms with Crippen LogP contribution in [0.15, 0.2) is 29.0 Å². The number of hydrogen-bond donors (Lipinski definition) is 1. The van der Waals surface area contributed by atoms with E-state index in [4.69, 9.17) is 9.47 Å². The van der Waals surface area contributed by atoms with Crippen molar-refractivity contribution in [1.29, 1.82) is 0 Å². The maximum absolute atomic E-state index is 13.1. The SMILES string of the molecule is CC.Cc1ccc2nc(-c3nc(Br)cnc3N(C(=O)OC(C)(C)C)C(=O)OC(C)(C)C)[nH]c2c1. The molecule has 2 aromatic heterocycles. The number of fused-ring (bicyclic) bond motifs is 1. The Morgan fingerprint density at radius 1 is 0.971 bits per heavy atom. The lowest BCUT2D eigenvalue weighted by Gasteiger charge is -2.28. The van der Waals surface area contributed by atoms with Crippen LogP contribution in [0.1, 0.15) is 61.0 Å². The van der Waals surface area contributed by atoms with Crippen LogP contribution < -0.4 is 4.90 Å². The van der Waals surface area contributed by atoms with Crippen LogP contribution in [0.4, 0.5) is 15.4 Å². The van der Waals surface area contributed by atoms with E-state index in [0.717, 1.165) is 16.0 Å². The van der Waals surface area contributed by atoms with E-state index in [1.54, 1.807) is 41.5 Å². The highest BCUT2D eigenvalue weighted by Gasteiger charge is 2.36. The van der Waals surface area contributed by atoms with Gasteiger partial charge in [-0.05, 0) is 82.1 Å². The van der Waals surface area contributed by atoms with Crippen LogP contribution in [0.3, 0.4) is 0 Å². The summed E-state index contributed by atoms with van der Waals surface area (Å²) >= 11 is 3.30. The molecule has 0 radical (unpaired) electrons. The summed E-state index contributed by atoms with van der Waals surface area (Å²) in [6, 6.07) is 5.75. The van der Waals surface area contributed by atoms with Gasteiger partial charge in [0.15, 0.2) is 17.3 Å². The largest absolute Gasteiger partial charge is 0.443 e. The number of carbonyl (C=O) groups is 2. The molecule has 9 nitrogen and oxygen atoms in total. The molecule has 2 heterocycles. The third kappa shape index (κ3) is 6.99. The highest BCUT2D eigenvalue weighted by molar-refractivity contribution is 9.10. The van der Waals surface area contributed by atoms with Gasteiger partial charge in [-0.25, -0.2) is 24.5 Å². The van der Waals surface area contributed by atoms with Gasteiger partial charge < -0.3 is 14.5 Å². The quantitative estimate of drug-likeness (QED) is 0.385. The van der Waals surface area contributed by atoms with Gasteiger partial charge in [0.25, 0.3) is 0 Å². The molecule has 1 aromatic carbocycles. The maximum atomic E-state index is 13.1. The van der Waals surface area contributed by atoms with Crippen molar-refractivity contribution in [1.82, 2.24) is 19.9 Å². The number of imidazole rings is 1. The van der Waals surface area contributed by atoms with Gasteiger partial charge in [0.2, 0.25) is 0 Å². The van der Waals surface area contributed by atoms with Gasteiger partial charge in [-0.1, -0.05) is 19.9 Å². The predicted molar refractivity (Wildman–Crippen MR) is 136 cm³/mol. The molecule has 3 aromatic rings. The second kappa shape index (κ2) is 10.5. The fraction of sp³-hybridized carbons (Fsp3) is 0.458. The van der Waals surface area contributed by atoms with Crippen molar-refractivity contribution in [2.45, 2.75) is 73.5 Å².